The Morgan fingerprint density at radius 1 is 1.25 bits per heavy atom. The third-order valence-electron chi connectivity index (χ3n) is 3.88. The molecule has 5 nitrogen and oxygen atoms in total. The molecule has 1 amide bonds. The molecule has 3 rings (SSSR count). The molecule has 1 aromatic rings. The van der Waals surface area contributed by atoms with Crippen LogP contribution in [0.5, 0.6) is 0 Å². The molecule has 2 fully saturated rings. The number of rotatable bonds is 4. The van der Waals surface area contributed by atoms with Crippen LogP contribution in [0.2, 0.25) is 0 Å². The van der Waals surface area contributed by atoms with E-state index < -0.39 is 0 Å². The van der Waals surface area contributed by atoms with Gasteiger partial charge < -0.3 is 15.4 Å². The lowest BCUT2D eigenvalue weighted by atomic mass is 10.0. The van der Waals surface area contributed by atoms with Gasteiger partial charge in [-0.3, -0.25) is 9.69 Å². The van der Waals surface area contributed by atoms with Crippen LogP contribution in [0.3, 0.4) is 0 Å². The van der Waals surface area contributed by atoms with E-state index in [1.807, 2.05) is 12.1 Å². The van der Waals surface area contributed by atoms with Crippen molar-refractivity contribution in [2.75, 3.05) is 44.7 Å². The number of nitrogens with one attached hydrogen (secondary N) is 2. The first-order valence-electron chi connectivity index (χ1n) is 7.22. The second-order valence-corrected chi connectivity index (χ2v) is 5.43. The van der Waals surface area contributed by atoms with Gasteiger partial charge in [-0.15, -0.1) is 0 Å². The number of benzene rings is 1. The number of nitrogens with zero attached hydrogens (tertiary/aromatic N) is 1. The first-order chi connectivity index (χ1) is 9.81. The molecule has 2 aliphatic rings. The lowest BCUT2D eigenvalue weighted by molar-refractivity contribution is -0.121. The Kier molecular flexibility index (Phi) is 4.30. The number of ether oxygens (including phenoxy) is 1. The lowest BCUT2D eigenvalue weighted by Gasteiger charge is -2.27. The molecule has 0 spiro atoms. The highest BCUT2D eigenvalue weighted by Crippen LogP contribution is 2.14. The van der Waals surface area contributed by atoms with E-state index in [9.17, 15) is 4.79 Å². The van der Waals surface area contributed by atoms with Gasteiger partial charge in [0.1, 0.15) is 0 Å². The molecule has 0 radical (unpaired) electrons. The average Bonchev–Trinajstić information content (AvgIpc) is 2.40. The molecule has 108 valence electrons. The van der Waals surface area contributed by atoms with E-state index in [1.54, 1.807) is 0 Å². The Bertz CT molecular complexity index is 451. The van der Waals surface area contributed by atoms with E-state index >= 15 is 0 Å². The van der Waals surface area contributed by atoms with Gasteiger partial charge >= 0.3 is 0 Å². The minimum Gasteiger partial charge on any atom is -0.379 e. The maximum Gasteiger partial charge on any atom is 0.230 e. The summed E-state index contributed by atoms with van der Waals surface area (Å²) >= 11 is 0. The van der Waals surface area contributed by atoms with Crippen LogP contribution in [0.15, 0.2) is 24.3 Å². The van der Waals surface area contributed by atoms with Crippen molar-refractivity contribution >= 4 is 11.6 Å². The van der Waals surface area contributed by atoms with Crippen LogP contribution in [0, 0.1) is 5.92 Å². The number of hydrogen-bond donors (Lipinski definition) is 2. The molecule has 2 heterocycles. The molecular formula is C15H21N3O2. The van der Waals surface area contributed by atoms with E-state index in [0.717, 1.165) is 51.6 Å². The van der Waals surface area contributed by atoms with Gasteiger partial charge in [0.2, 0.25) is 5.91 Å². The second kappa shape index (κ2) is 6.35. The maximum absolute atomic E-state index is 11.8. The molecule has 2 saturated heterocycles. The summed E-state index contributed by atoms with van der Waals surface area (Å²) in [6.07, 6.45) is 0. The Morgan fingerprint density at radius 3 is 2.55 bits per heavy atom. The van der Waals surface area contributed by atoms with Gasteiger partial charge in [0.05, 0.1) is 19.1 Å². The summed E-state index contributed by atoms with van der Waals surface area (Å²) < 4.78 is 5.34. The van der Waals surface area contributed by atoms with Crippen LogP contribution in [-0.2, 0) is 16.1 Å². The molecule has 0 unspecified atom stereocenters. The molecule has 0 bridgehead atoms. The summed E-state index contributed by atoms with van der Waals surface area (Å²) in [5, 5.41) is 6.07. The third-order valence-corrected chi connectivity index (χ3v) is 3.88. The van der Waals surface area contributed by atoms with Crippen LogP contribution >= 0.6 is 0 Å². The highest BCUT2D eigenvalue weighted by Gasteiger charge is 2.24. The number of hydrogen-bond acceptors (Lipinski definition) is 4. The third kappa shape index (κ3) is 3.36. The van der Waals surface area contributed by atoms with Crippen molar-refractivity contribution < 1.29 is 9.53 Å². The van der Waals surface area contributed by atoms with E-state index in [0.29, 0.717) is 0 Å². The summed E-state index contributed by atoms with van der Waals surface area (Å²) in [5.74, 6) is 0.243. The lowest BCUT2D eigenvalue weighted by Crippen LogP contribution is -2.48. The predicted molar refractivity (Wildman–Crippen MR) is 77.5 cm³/mol. The van der Waals surface area contributed by atoms with Gasteiger partial charge in [0.15, 0.2) is 0 Å². The fraction of sp³-hybridized carbons (Fsp3) is 0.533. The van der Waals surface area contributed by atoms with E-state index in [-0.39, 0.29) is 11.8 Å². The van der Waals surface area contributed by atoms with Gasteiger partial charge in [-0.2, -0.15) is 0 Å². The van der Waals surface area contributed by atoms with Crippen molar-refractivity contribution in [1.29, 1.82) is 0 Å². The Balaban J connectivity index is 1.52. The molecule has 2 aliphatic heterocycles. The van der Waals surface area contributed by atoms with Crippen molar-refractivity contribution in [3.63, 3.8) is 0 Å². The highest BCUT2D eigenvalue weighted by molar-refractivity contribution is 5.93. The van der Waals surface area contributed by atoms with Crippen molar-refractivity contribution in [3.8, 4) is 0 Å². The van der Waals surface area contributed by atoms with Crippen molar-refractivity contribution in [2.24, 2.45) is 5.92 Å². The fourth-order valence-corrected chi connectivity index (χ4v) is 2.43. The molecule has 0 saturated carbocycles. The quantitative estimate of drug-likeness (QED) is 0.848. The summed E-state index contributed by atoms with van der Waals surface area (Å²) in [5.41, 5.74) is 2.16. The monoisotopic (exact) mass is 275 g/mol. The second-order valence-electron chi connectivity index (χ2n) is 5.43. The van der Waals surface area contributed by atoms with Gasteiger partial charge in [0.25, 0.3) is 0 Å². The number of carbonyl (C=O) groups excluding carboxylic acids is 1. The van der Waals surface area contributed by atoms with Crippen molar-refractivity contribution in [2.45, 2.75) is 6.54 Å². The zero-order valence-electron chi connectivity index (χ0n) is 11.6. The van der Waals surface area contributed by atoms with Crippen LogP contribution < -0.4 is 10.6 Å². The molecule has 0 atom stereocenters. The standard InChI is InChI=1S/C15H21N3O2/c19-15(13-9-16-10-13)17-14-3-1-12(2-4-14)11-18-5-7-20-8-6-18/h1-4,13,16H,5-11H2,(H,17,19). The Labute approximate surface area is 119 Å². The molecule has 1 aromatic carbocycles. The number of anilines is 1. The zero-order chi connectivity index (χ0) is 13.8. The maximum atomic E-state index is 11.8. The SMILES string of the molecule is O=C(Nc1ccc(CN2CCOCC2)cc1)C1CNC1. The molecule has 0 aromatic heterocycles. The predicted octanol–water partition coefficient (Wildman–Crippen LogP) is 0.677. The van der Waals surface area contributed by atoms with E-state index in [1.165, 1.54) is 5.56 Å². The molecule has 20 heavy (non-hydrogen) atoms. The number of amides is 1. The minimum atomic E-state index is 0.115. The topological polar surface area (TPSA) is 53.6 Å². The first-order valence-corrected chi connectivity index (χ1v) is 7.22. The molecular weight excluding hydrogens is 254 g/mol. The van der Waals surface area contributed by atoms with Gasteiger partial charge in [-0.1, -0.05) is 12.1 Å². The van der Waals surface area contributed by atoms with Crippen LogP contribution in [0.25, 0.3) is 0 Å². The largest absolute Gasteiger partial charge is 0.379 e. The van der Waals surface area contributed by atoms with Crippen molar-refractivity contribution in [1.82, 2.24) is 10.2 Å². The van der Waals surface area contributed by atoms with E-state index in [2.05, 4.69) is 27.7 Å². The van der Waals surface area contributed by atoms with Gasteiger partial charge in [-0.25, -0.2) is 0 Å². The minimum absolute atomic E-state index is 0.115. The summed E-state index contributed by atoms with van der Waals surface area (Å²) in [6.45, 7) is 6.17. The summed E-state index contributed by atoms with van der Waals surface area (Å²) in [6, 6.07) is 8.15. The molecule has 5 heteroatoms. The molecule has 0 aliphatic carbocycles. The fourth-order valence-electron chi connectivity index (χ4n) is 2.43. The summed E-state index contributed by atoms with van der Waals surface area (Å²) in [7, 11) is 0. The first kappa shape index (κ1) is 13.5. The average molecular weight is 275 g/mol. The summed E-state index contributed by atoms with van der Waals surface area (Å²) in [4.78, 5) is 14.2. The Morgan fingerprint density at radius 2 is 1.95 bits per heavy atom. The van der Waals surface area contributed by atoms with Crippen molar-refractivity contribution in [3.05, 3.63) is 29.8 Å². The van der Waals surface area contributed by atoms with Crippen LogP contribution in [0.4, 0.5) is 5.69 Å². The zero-order valence-corrected chi connectivity index (χ0v) is 11.6. The Hall–Kier alpha value is -1.43. The van der Waals surface area contributed by atoms with Gasteiger partial charge in [0, 0.05) is 38.4 Å². The van der Waals surface area contributed by atoms with Gasteiger partial charge in [-0.05, 0) is 17.7 Å². The van der Waals surface area contributed by atoms with Crippen LogP contribution in [0.1, 0.15) is 5.56 Å². The highest BCUT2D eigenvalue weighted by atomic mass is 16.5. The normalized spacial score (nSPS) is 20.4. The number of carbonyl (C=O) groups is 1. The smallest absolute Gasteiger partial charge is 0.230 e. The number of morpholine rings is 1. The van der Waals surface area contributed by atoms with Crippen LogP contribution in [-0.4, -0.2) is 50.2 Å². The molecule has 2 N–H and O–H groups in total. The van der Waals surface area contributed by atoms with E-state index in [4.69, 9.17) is 4.74 Å².